The Morgan fingerprint density at radius 1 is 1.17 bits per heavy atom. The van der Waals surface area contributed by atoms with E-state index in [1.165, 1.54) is 19.8 Å². The number of Topliss-reactive ketones (excluding diaryl/α,β-unsaturated/α-hetero) is 1. The summed E-state index contributed by atoms with van der Waals surface area (Å²) in [6.45, 7) is 3.34. The maximum atomic E-state index is 10.7. The van der Waals surface area contributed by atoms with E-state index in [-0.39, 0.29) is 18.8 Å². The molecule has 2 aliphatic rings. The minimum absolute atomic E-state index is 0.0455. The van der Waals surface area contributed by atoms with Crippen LogP contribution in [0.2, 0.25) is 0 Å². The molecule has 0 aromatic rings. The van der Waals surface area contributed by atoms with Gasteiger partial charge in [-0.05, 0) is 19.8 Å². The minimum Gasteiger partial charge on any atom is -0.388 e. The van der Waals surface area contributed by atoms with Gasteiger partial charge in [0.25, 0.3) is 0 Å². The van der Waals surface area contributed by atoms with Crippen molar-refractivity contribution in [3.8, 4) is 0 Å². The Kier molecular flexibility index (Phi) is 6.73. The summed E-state index contributed by atoms with van der Waals surface area (Å²) in [4.78, 5) is 10.7. The summed E-state index contributed by atoms with van der Waals surface area (Å²) in [5.41, 5.74) is 0. The van der Waals surface area contributed by atoms with Crippen LogP contribution in [0.15, 0.2) is 0 Å². The molecule has 2 fully saturated rings. The minimum atomic E-state index is -1.22. The maximum absolute atomic E-state index is 10.7. The molecule has 2 rings (SSSR count). The van der Waals surface area contributed by atoms with Gasteiger partial charge in [-0.1, -0.05) is 0 Å². The van der Waals surface area contributed by atoms with Gasteiger partial charge in [-0.2, -0.15) is 0 Å². The molecular weight excluding hydrogens is 240 g/mol. The van der Waals surface area contributed by atoms with Gasteiger partial charge in [-0.15, -0.1) is 0 Å². The van der Waals surface area contributed by atoms with Crippen LogP contribution in [0.3, 0.4) is 0 Å². The molecule has 18 heavy (non-hydrogen) atoms. The summed E-state index contributed by atoms with van der Waals surface area (Å²) < 4.78 is 9.95. The molecular formula is C12H22O6. The Balaban J connectivity index is 0.000000269. The monoisotopic (exact) mass is 262 g/mol. The van der Waals surface area contributed by atoms with Crippen molar-refractivity contribution in [2.75, 3.05) is 19.8 Å². The van der Waals surface area contributed by atoms with Crippen LogP contribution >= 0.6 is 0 Å². The van der Waals surface area contributed by atoms with Crippen molar-refractivity contribution in [2.24, 2.45) is 0 Å². The van der Waals surface area contributed by atoms with E-state index in [0.717, 1.165) is 13.2 Å². The van der Waals surface area contributed by atoms with E-state index >= 15 is 0 Å². The lowest BCUT2D eigenvalue weighted by Crippen LogP contribution is -2.53. The molecule has 0 spiro atoms. The van der Waals surface area contributed by atoms with Crippen LogP contribution in [-0.4, -0.2) is 65.3 Å². The van der Waals surface area contributed by atoms with Crippen molar-refractivity contribution >= 4 is 5.78 Å². The zero-order chi connectivity index (χ0) is 13.5. The van der Waals surface area contributed by atoms with E-state index < -0.39 is 24.4 Å². The van der Waals surface area contributed by atoms with Gasteiger partial charge in [0.1, 0.15) is 24.1 Å². The van der Waals surface area contributed by atoms with Gasteiger partial charge in [0, 0.05) is 19.6 Å². The van der Waals surface area contributed by atoms with Crippen LogP contribution in [0.1, 0.15) is 26.2 Å². The van der Waals surface area contributed by atoms with Crippen LogP contribution in [0.4, 0.5) is 0 Å². The highest BCUT2D eigenvalue weighted by Gasteiger charge is 2.37. The highest BCUT2D eigenvalue weighted by Crippen LogP contribution is 2.18. The van der Waals surface area contributed by atoms with Crippen LogP contribution in [-0.2, 0) is 14.3 Å². The molecule has 0 bridgehead atoms. The second-order valence-corrected chi connectivity index (χ2v) is 4.65. The molecule has 0 saturated carbocycles. The van der Waals surface area contributed by atoms with Crippen molar-refractivity contribution in [3.05, 3.63) is 0 Å². The van der Waals surface area contributed by atoms with Gasteiger partial charge in [-0.3, -0.25) is 4.79 Å². The summed E-state index contributed by atoms with van der Waals surface area (Å²) in [7, 11) is 0. The number of aliphatic hydroxyl groups is 3. The molecule has 0 aromatic carbocycles. The van der Waals surface area contributed by atoms with Gasteiger partial charge < -0.3 is 24.8 Å². The summed E-state index contributed by atoms with van der Waals surface area (Å²) >= 11 is 0. The Labute approximate surface area is 107 Å². The molecule has 106 valence electrons. The third-order valence-corrected chi connectivity index (χ3v) is 2.92. The van der Waals surface area contributed by atoms with Gasteiger partial charge in [0.15, 0.2) is 0 Å². The third-order valence-electron chi connectivity index (χ3n) is 2.92. The second-order valence-electron chi connectivity index (χ2n) is 4.65. The Hall–Kier alpha value is -0.530. The highest BCUT2D eigenvalue weighted by atomic mass is 16.5. The summed E-state index contributed by atoms with van der Waals surface area (Å²) in [5.74, 6) is -0.118. The first kappa shape index (κ1) is 15.5. The third kappa shape index (κ3) is 4.99. The van der Waals surface area contributed by atoms with Crippen LogP contribution in [0.25, 0.3) is 0 Å². The van der Waals surface area contributed by atoms with Crippen molar-refractivity contribution in [3.63, 3.8) is 0 Å². The number of ketones is 1. The van der Waals surface area contributed by atoms with E-state index in [0.29, 0.717) is 0 Å². The molecule has 0 amide bonds. The lowest BCUT2D eigenvalue weighted by atomic mass is 9.97. The maximum Gasteiger partial charge on any atom is 0.132 e. The second kappa shape index (κ2) is 7.81. The molecule has 2 saturated heterocycles. The van der Waals surface area contributed by atoms with Gasteiger partial charge in [0.05, 0.1) is 12.7 Å². The van der Waals surface area contributed by atoms with E-state index in [4.69, 9.17) is 14.6 Å². The lowest BCUT2D eigenvalue weighted by molar-refractivity contribution is -0.188. The summed E-state index contributed by atoms with van der Waals surface area (Å²) in [6.07, 6.45) is -1.56. The topological polar surface area (TPSA) is 96.2 Å². The molecule has 2 aliphatic heterocycles. The fraction of sp³-hybridized carbons (Fsp3) is 0.917. The predicted octanol–water partition coefficient (Wildman–Crippen LogP) is -0.756. The van der Waals surface area contributed by atoms with E-state index in [1.54, 1.807) is 0 Å². The SMILES string of the molecule is C1CCOC1.CC(=O)C[C@@H]1OC[C@@H](O)[C@H](O)[C@H]1O. The smallest absolute Gasteiger partial charge is 0.132 e. The molecule has 0 aliphatic carbocycles. The number of aliphatic hydroxyl groups excluding tert-OH is 3. The standard InChI is InChI=1S/C8H14O5.C4H8O/c1-4(9)2-6-8(12)7(11)5(10)3-13-6;1-2-4-5-3-1/h5-8,10-12H,2-3H2,1H3;1-4H2/t5-,6+,7+,8+;/m1./s1. The quantitative estimate of drug-likeness (QED) is 0.605. The number of hydrogen-bond donors (Lipinski definition) is 3. The number of ether oxygens (including phenoxy) is 2. The molecule has 0 aromatic heterocycles. The number of hydrogen-bond acceptors (Lipinski definition) is 6. The van der Waals surface area contributed by atoms with Gasteiger partial charge in [-0.25, -0.2) is 0 Å². The Morgan fingerprint density at radius 2 is 1.78 bits per heavy atom. The highest BCUT2D eigenvalue weighted by molar-refractivity contribution is 5.76. The number of carbonyl (C=O) groups excluding carboxylic acids is 1. The van der Waals surface area contributed by atoms with E-state index in [2.05, 4.69) is 0 Å². The Morgan fingerprint density at radius 3 is 2.22 bits per heavy atom. The molecule has 0 radical (unpaired) electrons. The largest absolute Gasteiger partial charge is 0.388 e. The first-order chi connectivity index (χ1) is 8.52. The van der Waals surface area contributed by atoms with Crippen molar-refractivity contribution in [1.29, 1.82) is 0 Å². The zero-order valence-electron chi connectivity index (χ0n) is 10.6. The summed E-state index contributed by atoms with van der Waals surface area (Å²) in [5, 5.41) is 27.7. The van der Waals surface area contributed by atoms with Crippen molar-refractivity contribution in [2.45, 2.75) is 50.6 Å². The van der Waals surface area contributed by atoms with Crippen LogP contribution in [0.5, 0.6) is 0 Å². The number of carbonyl (C=O) groups is 1. The fourth-order valence-electron chi connectivity index (χ4n) is 1.84. The summed E-state index contributed by atoms with van der Waals surface area (Å²) in [6, 6.07) is 0. The lowest BCUT2D eigenvalue weighted by Gasteiger charge is -2.34. The molecule has 2 heterocycles. The molecule has 3 N–H and O–H groups in total. The van der Waals surface area contributed by atoms with Crippen LogP contribution < -0.4 is 0 Å². The average molecular weight is 262 g/mol. The molecule has 6 nitrogen and oxygen atoms in total. The first-order valence-corrected chi connectivity index (χ1v) is 6.25. The normalized spacial score (nSPS) is 35.8. The van der Waals surface area contributed by atoms with E-state index in [9.17, 15) is 15.0 Å². The molecule has 6 heteroatoms. The number of rotatable bonds is 2. The van der Waals surface area contributed by atoms with Gasteiger partial charge >= 0.3 is 0 Å². The van der Waals surface area contributed by atoms with Crippen molar-refractivity contribution in [1.82, 2.24) is 0 Å². The molecule has 4 atom stereocenters. The van der Waals surface area contributed by atoms with Gasteiger partial charge in [0.2, 0.25) is 0 Å². The first-order valence-electron chi connectivity index (χ1n) is 6.25. The van der Waals surface area contributed by atoms with E-state index in [1.807, 2.05) is 0 Å². The fourth-order valence-corrected chi connectivity index (χ4v) is 1.84. The zero-order valence-corrected chi connectivity index (χ0v) is 10.6. The molecule has 0 unspecified atom stereocenters. The van der Waals surface area contributed by atoms with Crippen molar-refractivity contribution < 1.29 is 29.6 Å². The Bertz CT molecular complexity index is 245. The predicted molar refractivity (Wildman–Crippen MR) is 63.1 cm³/mol. The average Bonchev–Trinajstić information content (AvgIpc) is 2.88. The van der Waals surface area contributed by atoms with Crippen LogP contribution in [0, 0.1) is 0 Å².